The summed E-state index contributed by atoms with van der Waals surface area (Å²) in [7, 11) is 0. The number of hydrogen-bond acceptors (Lipinski definition) is 2. The van der Waals surface area contributed by atoms with Crippen molar-refractivity contribution < 1.29 is 14.7 Å². The molecule has 1 N–H and O–H groups in total. The third-order valence-electron chi connectivity index (χ3n) is 3.75. The summed E-state index contributed by atoms with van der Waals surface area (Å²) >= 11 is 3.37. The maximum Gasteiger partial charge on any atom is 0.307 e. The minimum Gasteiger partial charge on any atom is -0.481 e. The maximum absolute atomic E-state index is 12.1. The van der Waals surface area contributed by atoms with Crippen LogP contribution in [0.3, 0.4) is 0 Å². The van der Waals surface area contributed by atoms with Crippen molar-refractivity contribution in [2.45, 2.75) is 25.7 Å². The first kappa shape index (κ1) is 17.4. The summed E-state index contributed by atoms with van der Waals surface area (Å²) in [4.78, 5) is 23.5. The number of aliphatic carboxylic acids is 1. The van der Waals surface area contributed by atoms with Crippen molar-refractivity contribution in [3.8, 4) is 0 Å². The largest absolute Gasteiger partial charge is 0.481 e. The van der Waals surface area contributed by atoms with Crippen LogP contribution in [0, 0.1) is 5.92 Å². The highest BCUT2D eigenvalue weighted by Gasteiger charge is 2.21. The van der Waals surface area contributed by atoms with Crippen LogP contribution in [0.2, 0.25) is 0 Å². The molecule has 0 heterocycles. The molecule has 0 aliphatic rings. The van der Waals surface area contributed by atoms with Crippen molar-refractivity contribution in [3.05, 3.63) is 70.2 Å². The summed E-state index contributed by atoms with van der Waals surface area (Å²) in [5.41, 5.74) is 2.03. The number of halogens is 1. The molecule has 0 amide bonds. The van der Waals surface area contributed by atoms with E-state index in [4.69, 9.17) is 0 Å². The first-order valence-corrected chi connectivity index (χ1v) is 8.37. The number of carboxylic acid groups (broad SMARTS) is 1. The lowest BCUT2D eigenvalue weighted by Gasteiger charge is -2.11. The monoisotopic (exact) mass is 374 g/mol. The number of carbonyl (C=O) groups excluding carboxylic acids is 1. The Morgan fingerprint density at radius 2 is 1.61 bits per heavy atom. The second-order valence-corrected chi connectivity index (χ2v) is 6.51. The van der Waals surface area contributed by atoms with E-state index in [0.717, 1.165) is 15.6 Å². The lowest BCUT2D eigenvalue weighted by molar-refractivity contribution is -0.143. The van der Waals surface area contributed by atoms with Crippen LogP contribution in [0.5, 0.6) is 0 Å². The number of ketones is 1. The summed E-state index contributed by atoms with van der Waals surface area (Å²) in [6.07, 6.45) is 1.49. The van der Waals surface area contributed by atoms with Crippen molar-refractivity contribution in [1.29, 1.82) is 0 Å². The fraction of sp³-hybridized carbons (Fsp3) is 0.263. The SMILES string of the molecule is O=C(CCc1ccc(Br)cc1)CC(Cc1ccccc1)C(=O)O. The lowest BCUT2D eigenvalue weighted by atomic mass is 9.92. The first-order chi connectivity index (χ1) is 11.0. The van der Waals surface area contributed by atoms with Crippen LogP contribution in [0.4, 0.5) is 0 Å². The summed E-state index contributed by atoms with van der Waals surface area (Å²) in [5.74, 6) is -1.57. The van der Waals surface area contributed by atoms with Gasteiger partial charge in [0.1, 0.15) is 5.78 Å². The molecule has 2 aromatic rings. The van der Waals surface area contributed by atoms with Crippen LogP contribution in [0.1, 0.15) is 24.0 Å². The van der Waals surface area contributed by atoms with Crippen LogP contribution in [-0.2, 0) is 22.4 Å². The number of hydrogen-bond donors (Lipinski definition) is 1. The predicted octanol–water partition coefficient (Wildman–Crippen LogP) is 4.28. The molecule has 0 radical (unpaired) electrons. The van der Waals surface area contributed by atoms with Gasteiger partial charge in [0, 0.05) is 17.3 Å². The van der Waals surface area contributed by atoms with Gasteiger partial charge < -0.3 is 5.11 Å². The number of carboxylic acids is 1. The van der Waals surface area contributed by atoms with Crippen LogP contribution < -0.4 is 0 Å². The van der Waals surface area contributed by atoms with Gasteiger partial charge in [-0.1, -0.05) is 58.4 Å². The van der Waals surface area contributed by atoms with E-state index in [1.54, 1.807) is 0 Å². The van der Waals surface area contributed by atoms with E-state index >= 15 is 0 Å². The standard InChI is InChI=1S/C19H19BrO3/c20-17-9-6-14(7-10-17)8-11-18(21)13-16(19(22)23)12-15-4-2-1-3-5-15/h1-7,9-10,16H,8,11-13H2,(H,22,23). The first-order valence-electron chi connectivity index (χ1n) is 7.57. The lowest BCUT2D eigenvalue weighted by Crippen LogP contribution is -2.20. The Kier molecular flexibility index (Phi) is 6.53. The number of carbonyl (C=O) groups is 2. The number of rotatable bonds is 8. The highest BCUT2D eigenvalue weighted by atomic mass is 79.9. The number of benzene rings is 2. The molecule has 2 rings (SSSR count). The van der Waals surface area contributed by atoms with Gasteiger partial charge in [-0.3, -0.25) is 9.59 Å². The molecule has 0 saturated heterocycles. The van der Waals surface area contributed by atoms with Crippen molar-refractivity contribution in [3.63, 3.8) is 0 Å². The van der Waals surface area contributed by atoms with E-state index in [1.165, 1.54) is 0 Å². The summed E-state index contributed by atoms with van der Waals surface area (Å²) in [6.45, 7) is 0. The third kappa shape index (κ3) is 5.99. The van der Waals surface area contributed by atoms with Crippen LogP contribution >= 0.6 is 15.9 Å². The minimum atomic E-state index is -0.911. The topological polar surface area (TPSA) is 54.4 Å². The highest BCUT2D eigenvalue weighted by Crippen LogP contribution is 2.16. The zero-order valence-electron chi connectivity index (χ0n) is 12.7. The molecule has 120 valence electrons. The molecule has 1 unspecified atom stereocenters. The molecule has 0 fully saturated rings. The molecule has 23 heavy (non-hydrogen) atoms. The zero-order chi connectivity index (χ0) is 16.7. The average Bonchev–Trinajstić information content (AvgIpc) is 2.54. The van der Waals surface area contributed by atoms with Crippen LogP contribution in [0.25, 0.3) is 0 Å². The molecule has 0 aliphatic carbocycles. The molecule has 1 atom stereocenters. The second kappa shape index (κ2) is 8.63. The molecule has 2 aromatic carbocycles. The highest BCUT2D eigenvalue weighted by molar-refractivity contribution is 9.10. The van der Waals surface area contributed by atoms with E-state index < -0.39 is 11.9 Å². The van der Waals surface area contributed by atoms with Gasteiger partial charge in [-0.05, 0) is 36.1 Å². The van der Waals surface area contributed by atoms with E-state index in [0.29, 0.717) is 19.3 Å². The van der Waals surface area contributed by atoms with Gasteiger partial charge in [-0.25, -0.2) is 0 Å². The Balaban J connectivity index is 1.88. The summed E-state index contributed by atoms with van der Waals surface area (Å²) < 4.78 is 1.00. The Bertz CT molecular complexity index is 650. The quantitative estimate of drug-likeness (QED) is 0.749. The zero-order valence-corrected chi connectivity index (χ0v) is 14.3. The van der Waals surface area contributed by atoms with Crippen molar-refractivity contribution in [2.24, 2.45) is 5.92 Å². The number of Topliss-reactive ketones (excluding diaryl/α,β-unsaturated/α-hetero) is 1. The summed E-state index contributed by atoms with van der Waals surface area (Å²) in [6, 6.07) is 17.2. The fourth-order valence-electron chi connectivity index (χ4n) is 2.46. The van der Waals surface area contributed by atoms with E-state index in [-0.39, 0.29) is 12.2 Å². The van der Waals surface area contributed by atoms with Crippen molar-refractivity contribution in [1.82, 2.24) is 0 Å². The minimum absolute atomic E-state index is 0.00347. The van der Waals surface area contributed by atoms with E-state index in [9.17, 15) is 14.7 Å². The molecular weight excluding hydrogens is 356 g/mol. The van der Waals surface area contributed by atoms with Gasteiger partial charge >= 0.3 is 5.97 Å². The van der Waals surface area contributed by atoms with E-state index in [2.05, 4.69) is 15.9 Å². The molecule has 4 heteroatoms. The summed E-state index contributed by atoms with van der Waals surface area (Å²) in [5, 5.41) is 9.34. The van der Waals surface area contributed by atoms with Crippen LogP contribution in [-0.4, -0.2) is 16.9 Å². The van der Waals surface area contributed by atoms with Crippen molar-refractivity contribution in [2.75, 3.05) is 0 Å². The smallest absolute Gasteiger partial charge is 0.307 e. The van der Waals surface area contributed by atoms with Gasteiger partial charge in [0.2, 0.25) is 0 Å². The third-order valence-corrected chi connectivity index (χ3v) is 4.28. The fourth-order valence-corrected chi connectivity index (χ4v) is 2.72. The van der Waals surface area contributed by atoms with Crippen molar-refractivity contribution >= 4 is 27.7 Å². The predicted molar refractivity (Wildman–Crippen MR) is 93.4 cm³/mol. The van der Waals surface area contributed by atoms with Gasteiger partial charge in [-0.15, -0.1) is 0 Å². The molecule has 0 saturated carbocycles. The molecule has 0 spiro atoms. The Hall–Kier alpha value is -1.94. The Morgan fingerprint density at radius 3 is 2.22 bits per heavy atom. The van der Waals surface area contributed by atoms with E-state index in [1.807, 2.05) is 54.6 Å². The normalized spacial score (nSPS) is 11.9. The molecule has 0 bridgehead atoms. The van der Waals surface area contributed by atoms with Gasteiger partial charge in [0.05, 0.1) is 5.92 Å². The molecular formula is C19H19BrO3. The Morgan fingerprint density at radius 1 is 0.957 bits per heavy atom. The van der Waals surface area contributed by atoms with Gasteiger partial charge in [0.15, 0.2) is 0 Å². The van der Waals surface area contributed by atoms with Crippen LogP contribution in [0.15, 0.2) is 59.1 Å². The number of aryl methyl sites for hydroxylation is 1. The molecule has 0 aromatic heterocycles. The average molecular weight is 375 g/mol. The molecule has 0 aliphatic heterocycles. The second-order valence-electron chi connectivity index (χ2n) is 5.59. The maximum atomic E-state index is 12.1. The molecule has 3 nitrogen and oxygen atoms in total. The van der Waals surface area contributed by atoms with Gasteiger partial charge in [-0.2, -0.15) is 0 Å². The van der Waals surface area contributed by atoms with Gasteiger partial charge in [0.25, 0.3) is 0 Å². The Labute approximate surface area is 144 Å².